The van der Waals surface area contributed by atoms with Crippen molar-refractivity contribution >= 4 is 11.6 Å². The molecule has 0 spiro atoms. The van der Waals surface area contributed by atoms with Gasteiger partial charge in [-0.05, 0) is 45.2 Å². The molecule has 0 bridgehead atoms. The van der Waals surface area contributed by atoms with Crippen molar-refractivity contribution in [1.82, 2.24) is 14.7 Å². The lowest BCUT2D eigenvalue weighted by Gasteiger charge is -2.26. The second-order valence-corrected chi connectivity index (χ2v) is 5.06. The highest BCUT2D eigenvalue weighted by Gasteiger charge is 2.22. The molecule has 94 valence electrons. The highest BCUT2D eigenvalue weighted by molar-refractivity contribution is 6.00. The number of fused-ring (bicyclic) bond motifs is 1. The molecule has 4 nitrogen and oxygen atoms in total. The van der Waals surface area contributed by atoms with Gasteiger partial charge in [0.1, 0.15) is 5.65 Å². The molecule has 1 fully saturated rings. The smallest absolute Gasteiger partial charge is 0.255 e. The van der Waals surface area contributed by atoms with E-state index in [0.717, 1.165) is 29.9 Å². The Labute approximate surface area is 106 Å². The summed E-state index contributed by atoms with van der Waals surface area (Å²) in [4.78, 5) is 16.7. The van der Waals surface area contributed by atoms with Gasteiger partial charge >= 0.3 is 0 Å². The molecule has 0 aliphatic heterocycles. The van der Waals surface area contributed by atoms with E-state index >= 15 is 0 Å². The standard InChI is InChI=1S/C14H17N3O/c1-9-8-10(2)17-7-6-12(13(17)15-9)14(18)16-11-4-3-5-11/h6-8,11H,3-5H2,1-2H3,(H,16,18). The molecule has 0 aromatic carbocycles. The maximum atomic E-state index is 12.2. The first-order chi connectivity index (χ1) is 8.65. The first-order valence-corrected chi connectivity index (χ1v) is 6.41. The normalized spacial score (nSPS) is 15.7. The number of hydrogen-bond donors (Lipinski definition) is 1. The Kier molecular flexibility index (Phi) is 2.58. The van der Waals surface area contributed by atoms with Crippen molar-refractivity contribution in [2.45, 2.75) is 39.2 Å². The van der Waals surface area contributed by atoms with E-state index in [0.29, 0.717) is 11.6 Å². The van der Waals surface area contributed by atoms with Gasteiger partial charge in [-0.2, -0.15) is 0 Å². The van der Waals surface area contributed by atoms with E-state index in [-0.39, 0.29) is 5.91 Å². The van der Waals surface area contributed by atoms with E-state index < -0.39 is 0 Å². The summed E-state index contributed by atoms with van der Waals surface area (Å²) in [6.07, 6.45) is 5.33. The zero-order valence-corrected chi connectivity index (χ0v) is 10.7. The number of aryl methyl sites for hydroxylation is 2. The number of nitrogens with zero attached hydrogens (tertiary/aromatic N) is 2. The number of aromatic nitrogens is 2. The quantitative estimate of drug-likeness (QED) is 0.879. The van der Waals surface area contributed by atoms with Gasteiger partial charge in [-0.25, -0.2) is 4.98 Å². The van der Waals surface area contributed by atoms with Crippen molar-refractivity contribution in [3.05, 3.63) is 35.3 Å². The summed E-state index contributed by atoms with van der Waals surface area (Å²) in [5.74, 6) is -0.000278. The van der Waals surface area contributed by atoms with Gasteiger partial charge in [-0.15, -0.1) is 0 Å². The molecule has 0 saturated heterocycles. The summed E-state index contributed by atoms with van der Waals surface area (Å²) in [6, 6.07) is 4.22. The molecule has 0 unspecified atom stereocenters. The van der Waals surface area contributed by atoms with Crippen LogP contribution in [0.1, 0.15) is 41.0 Å². The van der Waals surface area contributed by atoms with E-state index in [9.17, 15) is 4.79 Å². The Morgan fingerprint density at radius 1 is 1.44 bits per heavy atom. The third kappa shape index (κ3) is 1.78. The molecule has 2 aromatic rings. The molecule has 3 rings (SSSR count). The Bertz CT molecular complexity index is 611. The third-order valence-electron chi connectivity index (χ3n) is 3.62. The van der Waals surface area contributed by atoms with Gasteiger partial charge in [0, 0.05) is 23.6 Å². The highest BCUT2D eigenvalue weighted by Crippen LogP contribution is 2.20. The van der Waals surface area contributed by atoms with Gasteiger partial charge in [0.05, 0.1) is 5.56 Å². The first kappa shape index (κ1) is 11.3. The largest absolute Gasteiger partial charge is 0.349 e. The molecule has 4 heteroatoms. The van der Waals surface area contributed by atoms with Gasteiger partial charge in [0.15, 0.2) is 0 Å². The maximum absolute atomic E-state index is 12.2. The molecule has 18 heavy (non-hydrogen) atoms. The Balaban J connectivity index is 1.98. The molecule has 2 heterocycles. The molecule has 1 amide bonds. The summed E-state index contributed by atoms with van der Waals surface area (Å²) in [5.41, 5.74) is 3.47. The van der Waals surface area contributed by atoms with Crippen LogP contribution in [0.25, 0.3) is 5.65 Å². The van der Waals surface area contributed by atoms with E-state index in [1.54, 1.807) is 0 Å². The second kappa shape index (κ2) is 4.12. The molecule has 1 aliphatic rings. The van der Waals surface area contributed by atoms with Crippen LogP contribution in [0.4, 0.5) is 0 Å². The van der Waals surface area contributed by atoms with Crippen molar-refractivity contribution in [3.63, 3.8) is 0 Å². The van der Waals surface area contributed by atoms with Gasteiger partial charge in [0.2, 0.25) is 0 Å². The summed E-state index contributed by atoms with van der Waals surface area (Å²) in [6.45, 7) is 3.98. The van der Waals surface area contributed by atoms with E-state index in [4.69, 9.17) is 0 Å². The Morgan fingerprint density at radius 2 is 2.22 bits per heavy atom. The number of hydrogen-bond acceptors (Lipinski definition) is 2. The van der Waals surface area contributed by atoms with Crippen LogP contribution in [0.3, 0.4) is 0 Å². The molecule has 0 atom stereocenters. The topological polar surface area (TPSA) is 46.4 Å². The van der Waals surface area contributed by atoms with Gasteiger partial charge in [-0.3, -0.25) is 4.79 Å². The summed E-state index contributed by atoms with van der Waals surface area (Å²) in [7, 11) is 0. The third-order valence-corrected chi connectivity index (χ3v) is 3.62. The number of carbonyl (C=O) groups excluding carboxylic acids is 1. The molecule has 1 saturated carbocycles. The first-order valence-electron chi connectivity index (χ1n) is 6.41. The summed E-state index contributed by atoms with van der Waals surface area (Å²) in [5, 5.41) is 3.06. The number of rotatable bonds is 2. The average molecular weight is 243 g/mol. The lowest BCUT2D eigenvalue weighted by Crippen LogP contribution is -2.39. The fraction of sp³-hybridized carbons (Fsp3) is 0.429. The monoisotopic (exact) mass is 243 g/mol. The van der Waals surface area contributed by atoms with Crippen molar-refractivity contribution in [2.24, 2.45) is 0 Å². The Morgan fingerprint density at radius 3 is 2.89 bits per heavy atom. The van der Waals surface area contributed by atoms with Crippen LogP contribution in [0.5, 0.6) is 0 Å². The van der Waals surface area contributed by atoms with Crippen molar-refractivity contribution in [1.29, 1.82) is 0 Å². The van der Waals surface area contributed by atoms with Gasteiger partial charge in [0.25, 0.3) is 5.91 Å². The molecule has 2 aromatic heterocycles. The number of amides is 1. The fourth-order valence-electron chi connectivity index (χ4n) is 2.39. The van der Waals surface area contributed by atoms with Crippen LogP contribution in [0.15, 0.2) is 18.3 Å². The molecule has 0 radical (unpaired) electrons. The molecular formula is C14H17N3O. The van der Waals surface area contributed by atoms with E-state index in [1.165, 1.54) is 6.42 Å². The van der Waals surface area contributed by atoms with E-state index in [2.05, 4.69) is 10.3 Å². The van der Waals surface area contributed by atoms with E-state index in [1.807, 2.05) is 36.6 Å². The van der Waals surface area contributed by atoms with Crippen LogP contribution in [-0.4, -0.2) is 21.3 Å². The van der Waals surface area contributed by atoms with Crippen LogP contribution in [0, 0.1) is 13.8 Å². The van der Waals surface area contributed by atoms with Crippen molar-refractivity contribution in [3.8, 4) is 0 Å². The van der Waals surface area contributed by atoms with Crippen molar-refractivity contribution in [2.75, 3.05) is 0 Å². The van der Waals surface area contributed by atoms with Gasteiger partial charge in [-0.1, -0.05) is 0 Å². The van der Waals surface area contributed by atoms with Crippen LogP contribution in [-0.2, 0) is 0 Å². The zero-order chi connectivity index (χ0) is 12.7. The number of carbonyl (C=O) groups is 1. The second-order valence-electron chi connectivity index (χ2n) is 5.06. The SMILES string of the molecule is Cc1cc(C)n2ccc(C(=O)NC3CCC3)c2n1. The van der Waals surface area contributed by atoms with Crippen molar-refractivity contribution < 1.29 is 4.79 Å². The molecule has 1 N–H and O–H groups in total. The lowest BCUT2D eigenvalue weighted by atomic mass is 9.93. The minimum absolute atomic E-state index is 0.000278. The predicted octanol–water partition coefficient (Wildman–Crippen LogP) is 2.23. The number of nitrogens with one attached hydrogen (secondary N) is 1. The van der Waals surface area contributed by atoms with Crippen LogP contribution < -0.4 is 5.32 Å². The summed E-state index contributed by atoms with van der Waals surface area (Å²) >= 11 is 0. The lowest BCUT2D eigenvalue weighted by molar-refractivity contribution is 0.0918. The Hall–Kier alpha value is -1.84. The summed E-state index contributed by atoms with van der Waals surface area (Å²) < 4.78 is 1.96. The average Bonchev–Trinajstić information content (AvgIpc) is 2.67. The minimum atomic E-state index is -0.000278. The van der Waals surface area contributed by atoms with Crippen LogP contribution >= 0.6 is 0 Å². The predicted molar refractivity (Wildman–Crippen MR) is 69.8 cm³/mol. The zero-order valence-electron chi connectivity index (χ0n) is 10.7. The minimum Gasteiger partial charge on any atom is -0.349 e. The maximum Gasteiger partial charge on any atom is 0.255 e. The molecule has 1 aliphatic carbocycles. The highest BCUT2D eigenvalue weighted by atomic mass is 16.1. The fourth-order valence-corrected chi connectivity index (χ4v) is 2.39. The van der Waals surface area contributed by atoms with Gasteiger partial charge < -0.3 is 9.72 Å². The molecular weight excluding hydrogens is 226 g/mol. The van der Waals surface area contributed by atoms with Crippen LogP contribution in [0.2, 0.25) is 0 Å².